The van der Waals surface area contributed by atoms with Gasteiger partial charge in [0.25, 0.3) is 11.8 Å². The third kappa shape index (κ3) is 4.16. The van der Waals surface area contributed by atoms with Gasteiger partial charge in [-0.3, -0.25) is 14.0 Å². The second kappa shape index (κ2) is 8.83. The average Bonchev–Trinajstić information content (AvgIpc) is 3.49. The van der Waals surface area contributed by atoms with Crippen LogP contribution in [0.5, 0.6) is 0 Å². The molecule has 0 unspecified atom stereocenters. The van der Waals surface area contributed by atoms with E-state index in [1.165, 1.54) is 11.3 Å². The number of aryl methyl sites for hydroxylation is 1. The van der Waals surface area contributed by atoms with E-state index in [0.717, 1.165) is 28.9 Å². The van der Waals surface area contributed by atoms with E-state index < -0.39 is 0 Å². The zero-order valence-corrected chi connectivity index (χ0v) is 19.5. The summed E-state index contributed by atoms with van der Waals surface area (Å²) in [5.74, 6) is 0.215. The molecular formula is C26H26N4O2S. The van der Waals surface area contributed by atoms with Crippen LogP contribution in [0.1, 0.15) is 39.4 Å². The van der Waals surface area contributed by atoms with Crippen molar-refractivity contribution in [1.29, 1.82) is 0 Å². The SMILES string of the molecule is Cc1nc2sccn2c1C(=O)NC[C@@H](C1CC1)N(C)C(=O)c1ccccc1-c1ccccc1. The van der Waals surface area contributed by atoms with E-state index in [4.69, 9.17) is 0 Å². The first kappa shape index (κ1) is 21.4. The monoisotopic (exact) mass is 458 g/mol. The number of rotatable bonds is 7. The van der Waals surface area contributed by atoms with Gasteiger partial charge in [-0.25, -0.2) is 4.98 Å². The maximum Gasteiger partial charge on any atom is 0.270 e. The number of fused-ring (bicyclic) bond motifs is 1. The molecule has 2 aromatic heterocycles. The van der Waals surface area contributed by atoms with Crippen molar-refractivity contribution in [3.63, 3.8) is 0 Å². The minimum absolute atomic E-state index is 0.0265. The molecule has 1 aliphatic carbocycles. The minimum Gasteiger partial charge on any atom is -0.349 e. The Hall–Kier alpha value is -3.45. The van der Waals surface area contributed by atoms with Crippen LogP contribution in [0.25, 0.3) is 16.1 Å². The number of benzene rings is 2. The van der Waals surface area contributed by atoms with Crippen LogP contribution in [0.2, 0.25) is 0 Å². The Balaban J connectivity index is 1.35. The molecule has 0 saturated heterocycles. The van der Waals surface area contributed by atoms with Crippen LogP contribution in [-0.2, 0) is 0 Å². The number of carbonyl (C=O) groups is 2. The number of hydrogen-bond donors (Lipinski definition) is 1. The van der Waals surface area contributed by atoms with Crippen molar-refractivity contribution in [2.45, 2.75) is 25.8 Å². The lowest BCUT2D eigenvalue weighted by atomic mass is 9.98. The second-order valence-corrected chi connectivity index (χ2v) is 9.42. The Morgan fingerprint density at radius 3 is 2.64 bits per heavy atom. The number of aromatic nitrogens is 2. The molecule has 33 heavy (non-hydrogen) atoms. The molecule has 1 N–H and O–H groups in total. The second-order valence-electron chi connectivity index (χ2n) is 8.54. The number of hydrogen-bond acceptors (Lipinski definition) is 4. The van der Waals surface area contributed by atoms with Gasteiger partial charge in [0.1, 0.15) is 5.69 Å². The molecule has 0 aliphatic heterocycles. The molecule has 4 aromatic rings. The van der Waals surface area contributed by atoms with Crippen LogP contribution in [0.3, 0.4) is 0 Å². The summed E-state index contributed by atoms with van der Waals surface area (Å²) in [5, 5.41) is 4.99. The molecule has 0 bridgehead atoms. The number of imidazole rings is 1. The number of nitrogens with zero attached hydrogens (tertiary/aromatic N) is 3. The number of nitrogens with one attached hydrogen (secondary N) is 1. The first-order chi connectivity index (χ1) is 16.0. The molecule has 1 aliphatic rings. The van der Waals surface area contributed by atoms with Gasteiger partial charge in [0, 0.05) is 30.7 Å². The largest absolute Gasteiger partial charge is 0.349 e. The molecule has 168 valence electrons. The standard InChI is InChI=1S/C26H26N4O2S/c1-17-23(30-14-15-33-26(30)28-17)24(31)27-16-22(19-12-13-19)29(2)25(32)21-11-7-6-10-20(21)18-8-4-3-5-9-18/h3-11,14-15,19,22H,12-13,16H2,1-2H3,(H,27,31)/t22-/m0/s1. The summed E-state index contributed by atoms with van der Waals surface area (Å²) in [7, 11) is 1.85. The van der Waals surface area contributed by atoms with E-state index in [-0.39, 0.29) is 17.9 Å². The van der Waals surface area contributed by atoms with Crippen LogP contribution in [0.4, 0.5) is 0 Å². The molecule has 2 aromatic carbocycles. The highest BCUT2D eigenvalue weighted by molar-refractivity contribution is 7.15. The Morgan fingerprint density at radius 1 is 1.15 bits per heavy atom. The first-order valence-electron chi connectivity index (χ1n) is 11.2. The molecule has 1 atom stereocenters. The highest BCUT2D eigenvalue weighted by atomic mass is 32.1. The van der Waals surface area contributed by atoms with Crippen LogP contribution in [-0.4, -0.2) is 45.7 Å². The number of thiazole rings is 1. The van der Waals surface area contributed by atoms with Gasteiger partial charge in [-0.1, -0.05) is 48.5 Å². The molecule has 2 amide bonds. The fourth-order valence-electron chi connectivity index (χ4n) is 4.43. The highest BCUT2D eigenvalue weighted by Gasteiger charge is 2.37. The average molecular weight is 459 g/mol. The van der Waals surface area contributed by atoms with E-state index >= 15 is 0 Å². The Labute approximate surface area is 196 Å². The molecule has 2 heterocycles. The lowest BCUT2D eigenvalue weighted by Crippen LogP contribution is -2.46. The van der Waals surface area contributed by atoms with Gasteiger partial charge in [0.15, 0.2) is 4.96 Å². The molecule has 1 saturated carbocycles. The third-order valence-electron chi connectivity index (χ3n) is 6.35. The molecule has 0 radical (unpaired) electrons. The molecular weight excluding hydrogens is 432 g/mol. The third-order valence-corrected chi connectivity index (χ3v) is 7.11. The lowest BCUT2D eigenvalue weighted by Gasteiger charge is -2.29. The topological polar surface area (TPSA) is 66.7 Å². The van der Waals surface area contributed by atoms with Gasteiger partial charge in [-0.05, 0) is 42.9 Å². The van der Waals surface area contributed by atoms with E-state index in [9.17, 15) is 9.59 Å². The number of carbonyl (C=O) groups excluding carboxylic acids is 2. The van der Waals surface area contributed by atoms with Crippen molar-refractivity contribution in [1.82, 2.24) is 19.6 Å². The van der Waals surface area contributed by atoms with Gasteiger partial charge in [-0.2, -0.15) is 0 Å². The maximum atomic E-state index is 13.6. The van der Waals surface area contributed by atoms with E-state index in [1.807, 2.05) is 89.4 Å². The van der Waals surface area contributed by atoms with Gasteiger partial charge in [0.2, 0.25) is 0 Å². The maximum absolute atomic E-state index is 13.6. The molecule has 6 nitrogen and oxygen atoms in total. The fraction of sp³-hybridized carbons (Fsp3) is 0.269. The zero-order chi connectivity index (χ0) is 22.9. The van der Waals surface area contributed by atoms with Crippen molar-refractivity contribution in [3.05, 3.63) is 83.1 Å². The Morgan fingerprint density at radius 2 is 1.88 bits per heavy atom. The highest BCUT2D eigenvalue weighted by Crippen LogP contribution is 2.36. The Bertz CT molecular complexity index is 1310. The lowest BCUT2D eigenvalue weighted by molar-refractivity contribution is 0.0699. The Kier molecular flexibility index (Phi) is 5.72. The van der Waals surface area contributed by atoms with Gasteiger partial charge in [-0.15, -0.1) is 11.3 Å². The normalized spacial score (nSPS) is 14.2. The van der Waals surface area contributed by atoms with Crippen molar-refractivity contribution in [2.75, 3.05) is 13.6 Å². The van der Waals surface area contributed by atoms with Crippen molar-refractivity contribution in [3.8, 4) is 11.1 Å². The molecule has 7 heteroatoms. The van der Waals surface area contributed by atoms with Crippen LogP contribution >= 0.6 is 11.3 Å². The van der Waals surface area contributed by atoms with E-state index in [0.29, 0.717) is 29.4 Å². The van der Waals surface area contributed by atoms with Crippen LogP contribution < -0.4 is 5.32 Å². The van der Waals surface area contributed by atoms with Crippen LogP contribution in [0, 0.1) is 12.8 Å². The van der Waals surface area contributed by atoms with Gasteiger partial charge >= 0.3 is 0 Å². The quantitative estimate of drug-likeness (QED) is 0.438. The van der Waals surface area contributed by atoms with Crippen LogP contribution in [0.15, 0.2) is 66.2 Å². The summed E-state index contributed by atoms with van der Waals surface area (Å²) in [6.45, 7) is 2.26. The summed E-state index contributed by atoms with van der Waals surface area (Å²) in [6.07, 6.45) is 4.00. The smallest absolute Gasteiger partial charge is 0.270 e. The predicted octanol–water partition coefficient (Wildman–Crippen LogP) is 4.65. The first-order valence-corrected chi connectivity index (χ1v) is 12.0. The summed E-state index contributed by atoms with van der Waals surface area (Å²) in [5.41, 5.74) is 3.88. The summed E-state index contributed by atoms with van der Waals surface area (Å²) < 4.78 is 1.83. The number of amides is 2. The predicted molar refractivity (Wildman–Crippen MR) is 131 cm³/mol. The number of likely N-dealkylation sites (N-methyl/N-ethyl adjacent to an activating group) is 1. The van der Waals surface area contributed by atoms with Crippen molar-refractivity contribution in [2.24, 2.45) is 5.92 Å². The zero-order valence-electron chi connectivity index (χ0n) is 18.7. The minimum atomic E-state index is -0.158. The fourth-order valence-corrected chi connectivity index (χ4v) is 5.19. The van der Waals surface area contributed by atoms with Gasteiger partial charge < -0.3 is 10.2 Å². The summed E-state index contributed by atoms with van der Waals surface area (Å²) >= 11 is 1.50. The van der Waals surface area contributed by atoms with E-state index in [2.05, 4.69) is 10.3 Å². The molecule has 0 spiro atoms. The molecule has 1 fully saturated rings. The van der Waals surface area contributed by atoms with Crippen molar-refractivity contribution >= 4 is 28.1 Å². The van der Waals surface area contributed by atoms with Gasteiger partial charge in [0.05, 0.1) is 11.7 Å². The van der Waals surface area contributed by atoms with Crippen molar-refractivity contribution < 1.29 is 9.59 Å². The summed E-state index contributed by atoms with van der Waals surface area (Å²) in [6, 6.07) is 17.6. The summed E-state index contributed by atoms with van der Waals surface area (Å²) in [4.78, 5) is 33.7. The van der Waals surface area contributed by atoms with E-state index in [1.54, 1.807) is 0 Å². The molecule has 5 rings (SSSR count).